The van der Waals surface area contributed by atoms with Crippen molar-refractivity contribution in [2.24, 2.45) is 0 Å². The van der Waals surface area contributed by atoms with Gasteiger partial charge in [-0.05, 0) is 45.1 Å². The van der Waals surface area contributed by atoms with Crippen LogP contribution in [0.15, 0.2) is 28.7 Å². The molecule has 0 N–H and O–H groups in total. The molecule has 0 bridgehead atoms. The van der Waals surface area contributed by atoms with Crippen LogP contribution in [0.5, 0.6) is 0 Å². The van der Waals surface area contributed by atoms with Gasteiger partial charge in [-0.15, -0.1) is 0 Å². The molecule has 3 nitrogen and oxygen atoms in total. The minimum absolute atomic E-state index is 0.156. The summed E-state index contributed by atoms with van der Waals surface area (Å²) in [4.78, 5) is 13.9. The Morgan fingerprint density at radius 1 is 1.33 bits per heavy atom. The predicted octanol–water partition coefficient (Wildman–Crippen LogP) is 3.05. The van der Waals surface area contributed by atoms with Crippen molar-refractivity contribution >= 4 is 21.9 Å². The van der Waals surface area contributed by atoms with E-state index in [-0.39, 0.29) is 11.9 Å². The molecule has 0 radical (unpaired) electrons. The van der Waals surface area contributed by atoms with Crippen LogP contribution in [-0.4, -0.2) is 38.1 Å². The normalized spacial score (nSPS) is 12.5. The van der Waals surface area contributed by atoms with Crippen molar-refractivity contribution in [2.75, 3.05) is 27.2 Å². The number of ether oxygens (including phenoxy) is 1. The summed E-state index contributed by atoms with van der Waals surface area (Å²) in [6.45, 7) is 3.29. The van der Waals surface area contributed by atoms with Gasteiger partial charge in [0.2, 0.25) is 0 Å². The molecule has 0 aliphatic rings. The van der Waals surface area contributed by atoms with Crippen molar-refractivity contribution in [3.8, 4) is 0 Å². The van der Waals surface area contributed by atoms with Gasteiger partial charge in [0, 0.05) is 11.0 Å². The topological polar surface area (TPSA) is 29.5 Å². The molecule has 1 aromatic carbocycles. The van der Waals surface area contributed by atoms with Crippen molar-refractivity contribution in [2.45, 2.75) is 19.3 Å². The Morgan fingerprint density at radius 2 is 1.94 bits per heavy atom. The molecule has 100 valence electrons. The molecule has 0 aliphatic carbocycles. The maximum Gasteiger partial charge on any atom is 0.313 e. The van der Waals surface area contributed by atoms with Crippen molar-refractivity contribution in [3.05, 3.63) is 34.3 Å². The molecule has 0 aliphatic heterocycles. The van der Waals surface area contributed by atoms with E-state index in [0.29, 0.717) is 6.61 Å². The Labute approximate surface area is 117 Å². The van der Waals surface area contributed by atoms with E-state index in [1.54, 1.807) is 0 Å². The molecule has 0 heterocycles. The van der Waals surface area contributed by atoms with Crippen LogP contribution in [0.25, 0.3) is 0 Å². The fourth-order valence-corrected chi connectivity index (χ4v) is 1.83. The standard InChI is InChI=1S/C14H20BrNO2/c1-11(12-5-7-13(15)8-6-12)14(17)18-10-4-9-16(2)3/h5-8,11H,4,9-10H2,1-3H3/t11-/m0/s1. The zero-order valence-electron chi connectivity index (χ0n) is 11.1. The van der Waals surface area contributed by atoms with E-state index in [9.17, 15) is 4.79 Å². The minimum Gasteiger partial charge on any atom is -0.465 e. The van der Waals surface area contributed by atoms with Crippen LogP contribution in [0.4, 0.5) is 0 Å². The fourth-order valence-electron chi connectivity index (χ4n) is 1.57. The van der Waals surface area contributed by atoms with Crippen LogP contribution >= 0.6 is 15.9 Å². The largest absolute Gasteiger partial charge is 0.465 e. The number of halogens is 1. The van der Waals surface area contributed by atoms with E-state index in [1.165, 1.54) is 0 Å². The SMILES string of the molecule is C[C@H](C(=O)OCCCN(C)C)c1ccc(Br)cc1. The summed E-state index contributed by atoms with van der Waals surface area (Å²) in [5.74, 6) is -0.367. The molecule has 0 saturated heterocycles. The summed E-state index contributed by atoms with van der Waals surface area (Å²) >= 11 is 3.38. The summed E-state index contributed by atoms with van der Waals surface area (Å²) in [6, 6.07) is 7.75. The van der Waals surface area contributed by atoms with Crippen LogP contribution in [-0.2, 0) is 9.53 Å². The molecular formula is C14H20BrNO2. The highest BCUT2D eigenvalue weighted by molar-refractivity contribution is 9.10. The molecule has 0 saturated carbocycles. The zero-order chi connectivity index (χ0) is 13.5. The molecule has 18 heavy (non-hydrogen) atoms. The summed E-state index contributed by atoms with van der Waals surface area (Å²) in [5.41, 5.74) is 0.982. The lowest BCUT2D eigenvalue weighted by molar-refractivity contribution is -0.145. The predicted molar refractivity (Wildman–Crippen MR) is 76.7 cm³/mol. The van der Waals surface area contributed by atoms with Crippen molar-refractivity contribution in [1.29, 1.82) is 0 Å². The number of carbonyl (C=O) groups is 1. The Hall–Kier alpha value is -0.870. The van der Waals surface area contributed by atoms with E-state index in [4.69, 9.17) is 4.74 Å². The Kier molecular flexibility index (Phi) is 6.36. The molecule has 0 amide bonds. The number of nitrogens with zero attached hydrogens (tertiary/aromatic N) is 1. The Bertz CT molecular complexity index is 376. The van der Waals surface area contributed by atoms with Gasteiger partial charge < -0.3 is 9.64 Å². The first kappa shape index (κ1) is 15.2. The lowest BCUT2D eigenvalue weighted by atomic mass is 10.0. The molecule has 4 heteroatoms. The van der Waals surface area contributed by atoms with Gasteiger partial charge >= 0.3 is 5.97 Å². The van der Waals surface area contributed by atoms with Gasteiger partial charge in [0.05, 0.1) is 12.5 Å². The van der Waals surface area contributed by atoms with E-state index in [2.05, 4.69) is 20.8 Å². The van der Waals surface area contributed by atoms with Crippen LogP contribution in [0.3, 0.4) is 0 Å². The molecule has 0 fully saturated rings. The van der Waals surface area contributed by atoms with Gasteiger partial charge in [0.15, 0.2) is 0 Å². The third kappa shape index (κ3) is 5.19. The molecule has 0 aromatic heterocycles. The zero-order valence-corrected chi connectivity index (χ0v) is 12.7. The van der Waals surface area contributed by atoms with E-state index in [1.807, 2.05) is 45.3 Å². The Morgan fingerprint density at radius 3 is 2.50 bits per heavy atom. The van der Waals surface area contributed by atoms with Crippen LogP contribution in [0.1, 0.15) is 24.8 Å². The van der Waals surface area contributed by atoms with Crippen LogP contribution in [0.2, 0.25) is 0 Å². The average Bonchev–Trinajstić information content (AvgIpc) is 2.34. The number of hydrogen-bond donors (Lipinski definition) is 0. The lowest BCUT2D eigenvalue weighted by Gasteiger charge is -2.13. The van der Waals surface area contributed by atoms with Crippen LogP contribution in [0, 0.1) is 0 Å². The summed E-state index contributed by atoms with van der Waals surface area (Å²) < 4.78 is 6.27. The third-order valence-electron chi connectivity index (χ3n) is 2.72. The first-order valence-electron chi connectivity index (χ1n) is 6.07. The van der Waals surface area contributed by atoms with E-state index >= 15 is 0 Å². The second kappa shape index (κ2) is 7.54. The van der Waals surface area contributed by atoms with Gasteiger partial charge in [-0.3, -0.25) is 4.79 Å². The first-order chi connectivity index (χ1) is 8.50. The fraction of sp³-hybridized carbons (Fsp3) is 0.500. The third-order valence-corrected chi connectivity index (χ3v) is 3.25. The van der Waals surface area contributed by atoms with Crippen molar-refractivity contribution < 1.29 is 9.53 Å². The summed E-state index contributed by atoms with van der Waals surface area (Å²) in [5, 5.41) is 0. The molecule has 0 unspecified atom stereocenters. The second-order valence-electron chi connectivity index (χ2n) is 4.60. The minimum atomic E-state index is -0.211. The average molecular weight is 314 g/mol. The first-order valence-corrected chi connectivity index (χ1v) is 6.87. The summed E-state index contributed by atoms with van der Waals surface area (Å²) in [6.07, 6.45) is 0.867. The highest BCUT2D eigenvalue weighted by atomic mass is 79.9. The van der Waals surface area contributed by atoms with E-state index in [0.717, 1.165) is 23.0 Å². The number of carbonyl (C=O) groups excluding carboxylic acids is 1. The van der Waals surface area contributed by atoms with Gasteiger partial charge in [0.1, 0.15) is 0 Å². The Balaban J connectivity index is 2.39. The van der Waals surface area contributed by atoms with Crippen molar-refractivity contribution in [3.63, 3.8) is 0 Å². The number of esters is 1. The second-order valence-corrected chi connectivity index (χ2v) is 5.51. The van der Waals surface area contributed by atoms with Crippen molar-refractivity contribution in [1.82, 2.24) is 4.90 Å². The molecule has 0 spiro atoms. The summed E-state index contributed by atoms with van der Waals surface area (Å²) in [7, 11) is 4.01. The maximum atomic E-state index is 11.8. The van der Waals surface area contributed by atoms with E-state index < -0.39 is 0 Å². The molecule has 1 atom stereocenters. The van der Waals surface area contributed by atoms with Gasteiger partial charge in [0.25, 0.3) is 0 Å². The number of rotatable bonds is 6. The van der Waals surface area contributed by atoms with Gasteiger partial charge in [-0.2, -0.15) is 0 Å². The highest BCUT2D eigenvalue weighted by Gasteiger charge is 2.16. The maximum absolute atomic E-state index is 11.8. The monoisotopic (exact) mass is 313 g/mol. The van der Waals surface area contributed by atoms with Gasteiger partial charge in [-0.1, -0.05) is 28.1 Å². The number of benzene rings is 1. The molecular weight excluding hydrogens is 294 g/mol. The van der Waals surface area contributed by atoms with Gasteiger partial charge in [-0.25, -0.2) is 0 Å². The quantitative estimate of drug-likeness (QED) is 0.597. The number of hydrogen-bond acceptors (Lipinski definition) is 3. The lowest BCUT2D eigenvalue weighted by Crippen LogP contribution is -2.18. The highest BCUT2D eigenvalue weighted by Crippen LogP contribution is 2.19. The molecule has 1 aromatic rings. The molecule has 1 rings (SSSR count). The van der Waals surface area contributed by atoms with Crippen LogP contribution < -0.4 is 0 Å². The smallest absolute Gasteiger partial charge is 0.313 e.